The molecule has 0 amide bonds. The third-order valence-corrected chi connectivity index (χ3v) is 4.69. The monoisotopic (exact) mass is 399 g/mol. The van der Waals surface area contributed by atoms with Gasteiger partial charge in [0.15, 0.2) is 0 Å². The molecule has 2 rings (SSSR count). The zero-order valence-electron chi connectivity index (χ0n) is 14.0. The van der Waals surface area contributed by atoms with Crippen LogP contribution in [0.15, 0.2) is 33.6 Å². The molecule has 0 atom stereocenters. The first-order valence-electron chi connectivity index (χ1n) is 7.38. The molecule has 0 bridgehead atoms. The lowest BCUT2D eigenvalue weighted by Crippen LogP contribution is -2.07. The summed E-state index contributed by atoms with van der Waals surface area (Å²) in [5, 5.41) is 6.13. The molecule has 0 fully saturated rings. The van der Waals surface area contributed by atoms with Crippen molar-refractivity contribution < 1.29 is 27.2 Å². The maximum absolute atomic E-state index is 11.4. The van der Waals surface area contributed by atoms with E-state index in [1.54, 1.807) is 18.4 Å². The number of benzene rings is 1. The summed E-state index contributed by atoms with van der Waals surface area (Å²) >= 11 is 1.26. The second-order valence-corrected chi connectivity index (χ2v) is 7.13. The quantitative estimate of drug-likeness (QED) is 0.298. The van der Waals surface area contributed by atoms with Crippen molar-refractivity contribution in [3.63, 3.8) is 0 Å². The highest BCUT2D eigenvalue weighted by atomic mass is 32.2. The standard InChI is InChI=1S/C15H17N3O6S2/c1-3-24-14(19)7-11-9-25-15(17-11)18-16-8-10-4-5-12(23-2)13(6-10)26(20,21)22/h4-6,8-9H,3,7H2,1-2H3,(H,17,18)(H,20,21,22). The molecule has 0 unspecified atom stereocenters. The molecule has 1 heterocycles. The number of carbonyl (C=O) groups is 1. The number of anilines is 1. The predicted molar refractivity (Wildman–Crippen MR) is 96.5 cm³/mol. The van der Waals surface area contributed by atoms with Crippen LogP contribution in [0.5, 0.6) is 5.75 Å². The molecule has 0 aliphatic rings. The van der Waals surface area contributed by atoms with Gasteiger partial charge in [-0.3, -0.25) is 14.8 Å². The van der Waals surface area contributed by atoms with Crippen LogP contribution in [0.25, 0.3) is 0 Å². The van der Waals surface area contributed by atoms with Crippen molar-refractivity contribution in [2.24, 2.45) is 5.10 Å². The maximum Gasteiger partial charge on any atom is 0.311 e. The van der Waals surface area contributed by atoms with Crippen molar-refractivity contribution in [2.45, 2.75) is 18.2 Å². The van der Waals surface area contributed by atoms with Crippen LogP contribution < -0.4 is 10.2 Å². The van der Waals surface area contributed by atoms with Gasteiger partial charge in [0.2, 0.25) is 5.13 Å². The molecular weight excluding hydrogens is 382 g/mol. The largest absolute Gasteiger partial charge is 0.495 e. The smallest absolute Gasteiger partial charge is 0.311 e. The number of nitrogens with one attached hydrogen (secondary N) is 1. The number of ether oxygens (including phenoxy) is 2. The summed E-state index contributed by atoms with van der Waals surface area (Å²) in [6.07, 6.45) is 1.44. The lowest BCUT2D eigenvalue weighted by molar-refractivity contribution is -0.142. The third kappa shape index (κ3) is 5.51. The number of aromatic nitrogens is 1. The average molecular weight is 399 g/mol. The number of hydrogen-bond donors (Lipinski definition) is 2. The lowest BCUT2D eigenvalue weighted by Gasteiger charge is -2.06. The zero-order valence-corrected chi connectivity index (χ0v) is 15.6. The number of nitrogens with zero attached hydrogens (tertiary/aromatic N) is 2. The fourth-order valence-corrected chi connectivity index (χ4v) is 3.29. The Kier molecular flexibility index (Phi) is 6.66. The fraction of sp³-hybridized carbons (Fsp3) is 0.267. The Morgan fingerprint density at radius 2 is 2.23 bits per heavy atom. The second kappa shape index (κ2) is 8.74. The first-order chi connectivity index (χ1) is 12.3. The van der Waals surface area contributed by atoms with E-state index >= 15 is 0 Å². The summed E-state index contributed by atoms with van der Waals surface area (Å²) in [7, 11) is -3.12. The van der Waals surface area contributed by atoms with Crippen LogP contribution in [0.4, 0.5) is 5.13 Å². The van der Waals surface area contributed by atoms with Gasteiger partial charge in [-0.1, -0.05) is 0 Å². The Balaban J connectivity index is 2.05. The van der Waals surface area contributed by atoms with Crippen molar-refractivity contribution >= 4 is 38.8 Å². The number of rotatable bonds is 8. The lowest BCUT2D eigenvalue weighted by atomic mass is 10.2. The average Bonchev–Trinajstić information content (AvgIpc) is 3.01. The second-order valence-electron chi connectivity index (χ2n) is 4.88. The first kappa shape index (κ1) is 19.8. The van der Waals surface area contributed by atoms with Crippen LogP contribution in [-0.2, 0) is 26.1 Å². The van der Waals surface area contributed by atoms with Crippen molar-refractivity contribution in [2.75, 3.05) is 19.1 Å². The normalized spacial score (nSPS) is 11.5. The number of hydrogen-bond acceptors (Lipinski definition) is 9. The van der Waals surface area contributed by atoms with E-state index in [1.165, 1.54) is 36.8 Å². The Morgan fingerprint density at radius 1 is 1.46 bits per heavy atom. The Hall–Kier alpha value is -2.50. The molecule has 11 heteroatoms. The van der Waals surface area contributed by atoms with Crippen molar-refractivity contribution in [3.8, 4) is 5.75 Å². The Morgan fingerprint density at radius 3 is 2.88 bits per heavy atom. The molecule has 140 valence electrons. The van der Waals surface area contributed by atoms with Gasteiger partial charge in [-0.05, 0) is 30.7 Å². The molecule has 0 aliphatic heterocycles. The molecule has 0 aliphatic carbocycles. The number of methoxy groups -OCH3 is 1. The van der Waals surface area contributed by atoms with E-state index in [2.05, 4.69) is 15.5 Å². The number of esters is 1. The maximum atomic E-state index is 11.4. The molecule has 0 saturated heterocycles. The number of thiazole rings is 1. The molecule has 2 N–H and O–H groups in total. The Labute approximate surface area is 154 Å². The first-order valence-corrected chi connectivity index (χ1v) is 9.70. The molecule has 0 spiro atoms. The molecule has 2 aromatic rings. The molecule has 0 saturated carbocycles. The van der Waals surface area contributed by atoms with Crippen LogP contribution in [-0.4, -0.2) is 43.9 Å². The van der Waals surface area contributed by atoms with Gasteiger partial charge in [-0.15, -0.1) is 11.3 Å². The minimum absolute atomic E-state index is 0.0288. The van der Waals surface area contributed by atoms with Crippen LogP contribution in [0.1, 0.15) is 18.2 Å². The van der Waals surface area contributed by atoms with Crippen molar-refractivity contribution in [3.05, 3.63) is 34.8 Å². The van der Waals surface area contributed by atoms with Crippen LogP contribution in [0.3, 0.4) is 0 Å². The topological polar surface area (TPSA) is 127 Å². The SMILES string of the molecule is CCOC(=O)Cc1csc(NN=Cc2ccc(OC)c(S(=O)(=O)O)c2)n1. The van der Waals surface area contributed by atoms with Gasteiger partial charge in [0, 0.05) is 5.38 Å². The van der Waals surface area contributed by atoms with Crippen molar-refractivity contribution in [1.29, 1.82) is 0 Å². The third-order valence-electron chi connectivity index (χ3n) is 3.02. The van der Waals surface area contributed by atoms with Gasteiger partial charge < -0.3 is 9.47 Å². The van der Waals surface area contributed by atoms with Gasteiger partial charge in [0.1, 0.15) is 10.6 Å². The molecule has 26 heavy (non-hydrogen) atoms. The summed E-state index contributed by atoms with van der Waals surface area (Å²) in [6.45, 7) is 2.04. The molecule has 0 radical (unpaired) electrons. The molecular formula is C15H17N3O6S2. The van der Waals surface area contributed by atoms with Gasteiger partial charge in [-0.25, -0.2) is 4.98 Å². The van der Waals surface area contributed by atoms with Crippen molar-refractivity contribution in [1.82, 2.24) is 4.98 Å². The van der Waals surface area contributed by atoms with Gasteiger partial charge >= 0.3 is 5.97 Å². The van der Waals surface area contributed by atoms with Gasteiger partial charge in [0.05, 0.1) is 32.0 Å². The van der Waals surface area contributed by atoms with E-state index < -0.39 is 10.1 Å². The molecule has 1 aromatic heterocycles. The van der Waals surface area contributed by atoms with Gasteiger partial charge in [-0.2, -0.15) is 13.5 Å². The van der Waals surface area contributed by atoms with Crippen LogP contribution in [0, 0.1) is 0 Å². The van der Waals surface area contributed by atoms with E-state index in [-0.39, 0.29) is 23.0 Å². The van der Waals surface area contributed by atoms with E-state index in [9.17, 15) is 17.8 Å². The molecule has 1 aromatic carbocycles. The van der Waals surface area contributed by atoms with Gasteiger partial charge in [0.25, 0.3) is 10.1 Å². The highest BCUT2D eigenvalue weighted by molar-refractivity contribution is 7.86. The summed E-state index contributed by atoms with van der Waals surface area (Å²) < 4.78 is 41.7. The minimum Gasteiger partial charge on any atom is -0.495 e. The predicted octanol–water partition coefficient (Wildman–Crippen LogP) is 1.95. The fourth-order valence-electron chi connectivity index (χ4n) is 1.94. The summed E-state index contributed by atoms with van der Waals surface area (Å²) in [4.78, 5) is 15.2. The number of hydrazone groups is 1. The zero-order chi connectivity index (χ0) is 19.2. The van der Waals surface area contributed by atoms with E-state index in [4.69, 9.17) is 9.47 Å². The van der Waals surface area contributed by atoms with Crippen LogP contribution >= 0.6 is 11.3 Å². The summed E-state index contributed by atoms with van der Waals surface area (Å²) in [6, 6.07) is 4.21. The van der Waals surface area contributed by atoms with E-state index in [0.717, 1.165) is 0 Å². The Bertz CT molecular complexity index is 908. The molecule has 9 nitrogen and oxygen atoms in total. The highest BCUT2D eigenvalue weighted by Gasteiger charge is 2.16. The summed E-state index contributed by atoms with van der Waals surface area (Å²) in [5.41, 5.74) is 3.67. The van der Waals surface area contributed by atoms with E-state index in [0.29, 0.717) is 23.0 Å². The van der Waals surface area contributed by atoms with Crippen LogP contribution in [0.2, 0.25) is 0 Å². The highest BCUT2D eigenvalue weighted by Crippen LogP contribution is 2.24. The summed E-state index contributed by atoms with van der Waals surface area (Å²) in [5.74, 6) is -0.329. The minimum atomic E-state index is -4.42. The number of carbonyl (C=O) groups excluding carboxylic acids is 1. The van der Waals surface area contributed by atoms with E-state index in [1.807, 2.05) is 0 Å².